The van der Waals surface area contributed by atoms with Crippen molar-refractivity contribution in [1.29, 1.82) is 0 Å². The Labute approximate surface area is 227 Å². The lowest BCUT2D eigenvalue weighted by Gasteiger charge is -2.41. The van der Waals surface area contributed by atoms with Gasteiger partial charge < -0.3 is 15.5 Å². The van der Waals surface area contributed by atoms with E-state index in [1.54, 1.807) is 35.2 Å². The number of rotatable bonds is 8. The van der Waals surface area contributed by atoms with Crippen molar-refractivity contribution in [1.82, 2.24) is 10.2 Å². The van der Waals surface area contributed by atoms with Gasteiger partial charge >= 0.3 is 6.18 Å². The lowest BCUT2D eigenvalue weighted by atomic mass is 9.81. The third-order valence-electron chi connectivity index (χ3n) is 7.46. The van der Waals surface area contributed by atoms with Gasteiger partial charge in [-0.3, -0.25) is 9.59 Å². The minimum atomic E-state index is -4.56. The average Bonchev–Trinajstić information content (AvgIpc) is 3.25. The molecule has 1 saturated heterocycles. The Kier molecular flexibility index (Phi) is 8.70. The zero-order chi connectivity index (χ0) is 28.4. The second kappa shape index (κ2) is 11.7. The van der Waals surface area contributed by atoms with Gasteiger partial charge in [-0.25, -0.2) is 8.42 Å². The van der Waals surface area contributed by atoms with Crippen LogP contribution in [0.2, 0.25) is 0 Å². The van der Waals surface area contributed by atoms with Gasteiger partial charge in [0.2, 0.25) is 11.8 Å². The molecule has 2 unspecified atom stereocenters. The highest BCUT2D eigenvalue weighted by atomic mass is 32.2. The van der Waals surface area contributed by atoms with Crippen molar-refractivity contribution >= 4 is 27.3 Å². The minimum Gasteiger partial charge on any atom is -0.339 e. The Balaban J connectivity index is 1.50. The summed E-state index contributed by atoms with van der Waals surface area (Å²) in [5.74, 6) is -2.58. The molecular weight excluding hydrogens is 531 g/mol. The number of anilines is 1. The second-order valence-electron chi connectivity index (χ2n) is 10.7. The van der Waals surface area contributed by atoms with Crippen LogP contribution in [0.15, 0.2) is 59.5 Å². The van der Waals surface area contributed by atoms with E-state index >= 15 is 0 Å². The molecule has 212 valence electrons. The summed E-state index contributed by atoms with van der Waals surface area (Å²) in [5, 5.41) is 5.94. The molecule has 1 aliphatic heterocycles. The van der Waals surface area contributed by atoms with Crippen molar-refractivity contribution < 1.29 is 31.2 Å². The number of hydrogen-bond donors (Lipinski definition) is 2. The van der Waals surface area contributed by atoms with Gasteiger partial charge in [-0.05, 0) is 61.9 Å². The predicted molar refractivity (Wildman–Crippen MR) is 142 cm³/mol. The van der Waals surface area contributed by atoms with Crippen LogP contribution in [-0.4, -0.2) is 55.6 Å². The van der Waals surface area contributed by atoms with Crippen LogP contribution >= 0.6 is 0 Å². The standard InChI is InChI=1S/C28H34F3N3O4S/c1-18(2)32-22-11-12-25(19(15-22)17-39(37,38)23-9-4-3-5-10-23)34-14-13-24(27(34)36)26(35)33-21-8-6-7-20(16-21)28(29,30)31/h3-10,16,18-19,22,24-25,32H,11-15,17H2,1-2H3,(H,33,35)/t19-,22?,24?,25-/m0/s1. The van der Waals surface area contributed by atoms with Crippen molar-refractivity contribution in [2.45, 2.75) is 68.7 Å². The summed E-state index contributed by atoms with van der Waals surface area (Å²) in [6.45, 7) is 4.34. The molecule has 11 heteroatoms. The summed E-state index contributed by atoms with van der Waals surface area (Å²) < 4.78 is 65.7. The number of nitrogens with zero attached hydrogens (tertiary/aromatic N) is 1. The third kappa shape index (κ3) is 7.00. The maximum atomic E-state index is 13.4. The van der Waals surface area contributed by atoms with Crippen molar-refractivity contribution in [3.05, 3.63) is 60.2 Å². The maximum Gasteiger partial charge on any atom is 0.416 e. The van der Waals surface area contributed by atoms with E-state index in [1.807, 2.05) is 13.8 Å². The van der Waals surface area contributed by atoms with Gasteiger partial charge in [0.05, 0.1) is 16.2 Å². The molecule has 2 aliphatic rings. The summed E-state index contributed by atoms with van der Waals surface area (Å²) in [6, 6.07) is 12.5. The number of nitrogens with one attached hydrogen (secondary N) is 2. The normalized spacial score (nSPS) is 24.3. The van der Waals surface area contributed by atoms with E-state index in [4.69, 9.17) is 0 Å². The Morgan fingerprint density at radius 1 is 1.05 bits per heavy atom. The summed E-state index contributed by atoms with van der Waals surface area (Å²) in [7, 11) is -3.62. The lowest BCUT2D eigenvalue weighted by Crippen LogP contribution is -2.51. The van der Waals surface area contributed by atoms with Crippen molar-refractivity contribution in [2.24, 2.45) is 11.8 Å². The molecule has 4 atom stereocenters. The molecule has 7 nitrogen and oxygen atoms in total. The predicted octanol–water partition coefficient (Wildman–Crippen LogP) is 4.50. The van der Waals surface area contributed by atoms with E-state index in [-0.39, 0.29) is 53.3 Å². The zero-order valence-corrected chi connectivity index (χ0v) is 22.8. The first kappa shape index (κ1) is 29.1. The van der Waals surface area contributed by atoms with Gasteiger partial charge in [-0.2, -0.15) is 13.2 Å². The van der Waals surface area contributed by atoms with Gasteiger partial charge in [-0.1, -0.05) is 38.1 Å². The summed E-state index contributed by atoms with van der Waals surface area (Å²) >= 11 is 0. The molecule has 2 aromatic carbocycles. The molecule has 0 bridgehead atoms. The fourth-order valence-corrected chi connectivity index (χ4v) is 7.43. The van der Waals surface area contributed by atoms with E-state index in [0.717, 1.165) is 18.6 Å². The number of likely N-dealkylation sites (tertiary alicyclic amines) is 1. The largest absolute Gasteiger partial charge is 0.416 e. The van der Waals surface area contributed by atoms with Crippen molar-refractivity contribution in [3.8, 4) is 0 Å². The van der Waals surface area contributed by atoms with Gasteiger partial charge in [0, 0.05) is 30.4 Å². The fraction of sp³-hybridized carbons (Fsp3) is 0.500. The van der Waals surface area contributed by atoms with Crippen molar-refractivity contribution in [2.75, 3.05) is 17.6 Å². The average molecular weight is 566 g/mol. The molecule has 1 aliphatic carbocycles. The van der Waals surface area contributed by atoms with E-state index in [0.29, 0.717) is 12.8 Å². The lowest BCUT2D eigenvalue weighted by molar-refractivity contribution is -0.139. The van der Waals surface area contributed by atoms with Crippen LogP contribution < -0.4 is 10.6 Å². The highest BCUT2D eigenvalue weighted by Gasteiger charge is 2.45. The summed E-state index contributed by atoms with van der Waals surface area (Å²) in [4.78, 5) is 28.2. The van der Waals surface area contributed by atoms with Gasteiger partial charge in [0.25, 0.3) is 0 Å². The van der Waals surface area contributed by atoms with Crippen LogP contribution in [0.4, 0.5) is 18.9 Å². The molecular formula is C28H34F3N3O4S. The number of amides is 2. The van der Waals surface area contributed by atoms with Crippen LogP contribution in [-0.2, 0) is 25.6 Å². The van der Waals surface area contributed by atoms with Gasteiger partial charge in [0.1, 0.15) is 5.92 Å². The molecule has 2 aromatic rings. The second-order valence-corrected chi connectivity index (χ2v) is 12.7. The number of alkyl halides is 3. The van der Waals surface area contributed by atoms with Crippen LogP contribution in [0.5, 0.6) is 0 Å². The molecule has 2 amide bonds. The highest BCUT2D eigenvalue weighted by molar-refractivity contribution is 7.91. The number of carbonyl (C=O) groups excluding carboxylic acids is 2. The fourth-order valence-electron chi connectivity index (χ4n) is 5.74. The number of sulfone groups is 1. The first-order valence-electron chi connectivity index (χ1n) is 13.2. The van der Waals surface area contributed by atoms with Crippen molar-refractivity contribution in [3.63, 3.8) is 0 Å². The number of benzene rings is 2. The molecule has 4 rings (SSSR count). The molecule has 0 aromatic heterocycles. The summed E-state index contributed by atoms with van der Waals surface area (Å²) in [5.41, 5.74) is -0.929. The maximum absolute atomic E-state index is 13.4. The van der Waals surface area contributed by atoms with E-state index in [9.17, 15) is 31.2 Å². The smallest absolute Gasteiger partial charge is 0.339 e. The quantitative estimate of drug-likeness (QED) is 0.460. The van der Waals surface area contributed by atoms with Crippen LogP contribution in [0.3, 0.4) is 0 Å². The van der Waals surface area contributed by atoms with E-state index < -0.39 is 39.3 Å². The third-order valence-corrected chi connectivity index (χ3v) is 9.32. The number of carbonyl (C=O) groups is 2. The van der Waals surface area contributed by atoms with E-state index in [2.05, 4.69) is 10.6 Å². The molecule has 2 N–H and O–H groups in total. The zero-order valence-electron chi connectivity index (χ0n) is 21.9. The topological polar surface area (TPSA) is 95.6 Å². The van der Waals surface area contributed by atoms with E-state index in [1.165, 1.54) is 12.1 Å². The Bertz CT molecular complexity index is 1280. The monoisotopic (exact) mass is 565 g/mol. The SMILES string of the molecule is CC(C)NC1CC[C@H](N2CCC(C(=O)Nc3cccc(C(F)(F)F)c3)C2=O)[C@H](CS(=O)(=O)c2ccccc2)C1. The molecule has 0 spiro atoms. The number of halogens is 3. The molecule has 2 fully saturated rings. The molecule has 0 radical (unpaired) electrons. The Morgan fingerprint density at radius 2 is 1.77 bits per heavy atom. The first-order valence-corrected chi connectivity index (χ1v) is 14.8. The number of hydrogen-bond acceptors (Lipinski definition) is 5. The van der Waals surface area contributed by atoms with Crippen LogP contribution in [0.25, 0.3) is 0 Å². The minimum absolute atomic E-state index is 0.0341. The molecule has 1 saturated carbocycles. The Hall–Kier alpha value is -2.92. The first-order chi connectivity index (χ1) is 18.3. The van der Waals surface area contributed by atoms with Gasteiger partial charge in [0.15, 0.2) is 9.84 Å². The molecule has 39 heavy (non-hydrogen) atoms. The van der Waals surface area contributed by atoms with Crippen LogP contribution in [0, 0.1) is 11.8 Å². The molecule has 1 heterocycles. The Morgan fingerprint density at radius 3 is 2.44 bits per heavy atom. The van der Waals surface area contributed by atoms with Gasteiger partial charge in [-0.15, -0.1) is 0 Å². The summed E-state index contributed by atoms with van der Waals surface area (Å²) in [6.07, 6.45) is -2.42. The van der Waals surface area contributed by atoms with Crippen LogP contribution in [0.1, 0.15) is 45.1 Å². The highest BCUT2D eigenvalue weighted by Crippen LogP contribution is 2.36.